The quantitative estimate of drug-likeness (QED) is 0.558. The number of carboxylic acids is 1. The van der Waals surface area contributed by atoms with E-state index in [1.54, 1.807) is 0 Å². The maximum atomic E-state index is 11.9. The van der Waals surface area contributed by atoms with Crippen LogP contribution in [0.15, 0.2) is 11.2 Å². The first kappa shape index (κ1) is 16.6. The van der Waals surface area contributed by atoms with Gasteiger partial charge in [0.25, 0.3) is 10.0 Å². The smallest absolute Gasteiger partial charge is 0.340 e. The Balaban J connectivity index is 2.58. The molecule has 9 heteroatoms. The van der Waals surface area contributed by atoms with Crippen LogP contribution in [-0.4, -0.2) is 60.8 Å². The first-order valence-corrected chi connectivity index (χ1v) is 7.89. The number of hydrogen-bond acceptors (Lipinski definition) is 5. The second-order valence-corrected chi connectivity index (χ2v) is 5.90. The van der Waals surface area contributed by atoms with Crippen LogP contribution in [0, 0.1) is 0 Å². The highest BCUT2D eigenvalue weighted by atomic mass is 32.2. The predicted octanol–water partition coefficient (Wildman–Crippen LogP) is 0.118. The molecule has 114 valence electrons. The summed E-state index contributed by atoms with van der Waals surface area (Å²) in [5.41, 5.74) is -0.360. The second-order valence-electron chi connectivity index (χ2n) is 4.20. The topological polar surface area (TPSA) is 115 Å². The van der Waals surface area contributed by atoms with Gasteiger partial charge in [-0.25, -0.2) is 17.9 Å². The Kier molecular flexibility index (Phi) is 6.11. The minimum Gasteiger partial charge on any atom is -0.478 e. The third-order valence-electron chi connectivity index (χ3n) is 2.94. The zero-order chi connectivity index (χ0) is 15.2. The highest BCUT2D eigenvalue weighted by Gasteiger charge is 2.24. The van der Waals surface area contributed by atoms with Gasteiger partial charge in [-0.05, 0) is 26.1 Å². The number of rotatable bonds is 9. The van der Waals surface area contributed by atoms with E-state index >= 15 is 0 Å². The van der Waals surface area contributed by atoms with Gasteiger partial charge in [0.15, 0.2) is 5.03 Å². The fourth-order valence-corrected chi connectivity index (χ4v) is 2.91. The number of nitrogens with zero attached hydrogens (tertiary/aromatic N) is 2. The van der Waals surface area contributed by atoms with E-state index in [1.165, 1.54) is 0 Å². The Bertz CT molecular complexity index is 536. The van der Waals surface area contributed by atoms with Crippen LogP contribution in [0.4, 0.5) is 0 Å². The van der Waals surface area contributed by atoms with Crippen LogP contribution in [-0.2, 0) is 10.0 Å². The van der Waals surface area contributed by atoms with Crippen molar-refractivity contribution < 1.29 is 18.3 Å². The highest BCUT2D eigenvalue weighted by molar-refractivity contribution is 7.89. The lowest BCUT2D eigenvalue weighted by Gasteiger charge is -2.17. The van der Waals surface area contributed by atoms with Crippen LogP contribution < -0.4 is 4.72 Å². The molecule has 0 bridgehead atoms. The van der Waals surface area contributed by atoms with Gasteiger partial charge in [-0.2, -0.15) is 5.10 Å². The summed E-state index contributed by atoms with van der Waals surface area (Å²) in [7, 11) is -3.87. The van der Waals surface area contributed by atoms with Crippen molar-refractivity contribution >= 4 is 16.0 Å². The third kappa shape index (κ3) is 4.29. The Morgan fingerprint density at radius 3 is 2.65 bits per heavy atom. The van der Waals surface area contributed by atoms with Crippen LogP contribution in [0.3, 0.4) is 0 Å². The maximum Gasteiger partial charge on any atom is 0.340 e. The molecule has 1 aromatic rings. The molecule has 20 heavy (non-hydrogen) atoms. The van der Waals surface area contributed by atoms with E-state index in [-0.39, 0.29) is 12.1 Å². The van der Waals surface area contributed by atoms with Gasteiger partial charge in [0.1, 0.15) is 5.56 Å². The van der Waals surface area contributed by atoms with Crippen molar-refractivity contribution in [3.63, 3.8) is 0 Å². The molecule has 1 heterocycles. The number of aromatic amines is 1. The average Bonchev–Trinajstić information content (AvgIpc) is 2.89. The molecule has 1 rings (SSSR count). The lowest BCUT2D eigenvalue weighted by atomic mass is 10.4. The van der Waals surface area contributed by atoms with Crippen LogP contribution >= 0.6 is 0 Å². The number of aromatic nitrogens is 2. The van der Waals surface area contributed by atoms with Crippen molar-refractivity contribution in [2.45, 2.75) is 25.3 Å². The minimum atomic E-state index is -3.87. The van der Waals surface area contributed by atoms with Crippen LogP contribution in [0.2, 0.25) is 0 Å². The lowest BCUT2D eigenvalue weighted by Crippen LogP contribution is -2.30. The third-order valence-corrected chi connectivity index (χ3v) is 4.37. The van der Waals surface area contributed by atoms with Gasteiger partial charge < -0.3 is 10.0 Å². The highest BCUT2D eigenvalue weighted by Crippen LogP contribution is 2.11. The Hall–Kier alpha value is -1.45. The number of carboxylic acid groups (broad SMARTS) is 1. The summed E-state index contributed by atoms with van der Waals surface area (Å²) < 4.78 is 26.3. The SMILES string of the molecule is CCN(CC)CCCNS(=O)(=O)c1[nH]ncc1C(=O)O. The van der Waals surface area contributed by atoms with E-state index in [4.69, 9.17) is 5.11 Å². The maximum absolute atomic E-state index is 11.9. The largest absolute Gasteiger partial charge is 0.478 e. The molecule has 0 aliphatic carbocycles. The predicted molar refractivity (Wildman–Crippen MR) is 73.1 cm³/mol. The Morgan fingerprint density at radius 2 is 2.10 bits per heavy atom. The van der Waals surface area contributed by atoms with Crippen LogP contribution in [0.5, 0.6) is 0 Å². The molecule has 0 aromatic carbocycles. The van der Waals surface area contributed by atoms with Crippen molar-refractivity contribution in [2.24, 2.45) is 0 Å². The fraction of sp³-hybridized carbons (Fsp3) is 0.636. The van der Waals surface area contributed by atoms with E-state index in [0.29, 0.717) is 6.42 Å². The van der Waals surface area contributed by atoms with Gasteiger partial charge in [0.05, 0.1) is 6.20 Å². The van der Waals surface area contributed by atoms with Gasteiger partial charge in [-0.3, -0.25) is 5.10 Å². The molecule has 3 N–H and O–H groups in total. The molecule has 0 aliphatic heterocycles. The number of carbonyl (C=O) groups is 1. The van der Waals surface area contributed by atoms with E-state index in [0.717, 1.165) is 25.8 Å². The first-order valence-electron chi connectivity index (χ1n) is 6.41. The monoisotopic (exact) mass is 304 g/mol. The molecule has 0 fully saturated rings. The molecule has 0 saturated carbocycles. The van der Waals surface area contributed by atoms with E-state index in [9.17, 15) is 13.2 Å². The van der Waals surface area contributed by atoms with Gasteiger partial charge in [-0.15, -0.1) is 0 Å². The summed E-state index contributed by atoms with van der Waals surface area (Å²) in [6.07, 6.45) is 1.63. The molecule has 1 aromatic heterocycles. The average molecular weight is 304 g/mol. The first-order chi connectivity index (χ1) is 9.42. The lowest BCUT2D eigenvalue weighted by molar-refractivity contribution is 0.0692. The molecule has 0 radical (unpaired) electrons. The minimum absolute atomic E-state index is 0.247. The Morgan fingerprint density at radius 1 is 1.45 bits per heavy atom. The molecular formula is C11H20N4O4S. The summed E-state index contributed by atoms with van der Waals surface area (Å²) >= 11 is 0. The van der Waals surface area contributed by atoms with E-state index in [1.807, 2.05) is 13.8 Å². The summed E-state index contributed by atoms with van der Waals surface area (Å²) in [5.74, 6) is -1.33. The van der Waals surface area contributed by atoms with Crippen LogP contribution in [0.1, 0.15) is 30.6 Å². The zero-order valence-electron chi connectivity index (χ0n) is 11.6. The number of hydrogen-bond donors (Lipinski definition) is 3. The van der Waals surface area contributed by atoms with Crippen molar-refractivity contribution in [3.8, 4) is 0 Å². The fourth-order valence-electron chi connectivity index (χ4n) is 1.75. The second kappa shape index (κ2) is 7.36. The summed E-state index contributed by atoms with van der Waals surface area (Å²) in [6, 6.07) is 0. The zero-order valence-corrected chi connectivity index (χ0v) is 12.4. The Labute approximate surface area is 118 Å². The summed E-state index contributed by atoms with van der Waals surface area (Å²) in [6.45, 7) is 6.93. The normalized spacial score (nSPS) is 11.9. The van der Waals surface area contributed by atoms with E-state index < -0.39 is 21.0 Å². The number of nitrogens with one attached hydrogen (secondary N) is 2. The molecular weight excluding hydrogens is 284 g/mol. The van der Waals surface area contributed by atoms with Crippen molar-refractivity contribution in [1.82, 2.24) is 19.8 Å². The molecule has 0 aliphatic rings. The number of H-pyrrole nitrogens is 1. The standard InChI is InChI=1S/C11H20N4O4S/c1-3-15(4-2)7-5-6-13-20(18,19)10-9(11(16)17)8-12-14-10/h8,13H,3-7H2,1-2H3,(H,12,14)(H,16,17). The molecule has 0 spiro atoms. The summed E-state index contributed by atoms with van der Waals surface area (Å²) in [4.78, 5) is 13.0. The van der Waals surface area contributed by atoms with Crippen molar-refractivity contribution in [1.29, 1.82) is 0 Å². The molecule has 0 unspecified atom stereocenters. The molecule has 0 amide bonds. The van der Waals surface area contributed by atoms with Crippen molar-refractivity contribution in [3.05, 3.63) is 11.8 Å². The van der Waals surface area contributed by atoms with Gasteiger partial charge in [0.2, 0.25) is 0 Å². The number of aromatic carboxylic acids is 1. The van der Waals surface area contributed by atoms with Gasteiger partial charge in [-0.1, -0.05) is 13.8 Å². The summed E-state index contributed by atoms with van der Waals surface area (Å²) in [5, 5.41) is 14.1. The van der Waals surface area contributed by atoms with Crippen molar-refractivity contribution in [2.75, 3.05) is 26.2 Å². The van der Waals surface area contributed by atoms with Crippen LogP contribution in [0.25, 0.3) is 0 Å². The van der Waals surface area contributed by atoms with Gasteiger partial charge >= 0.3 is 5.97 Å². The molecule has 0 atom stereocenters. The number of sulfonamides is 1. The molecule has 8 nitrogen and oxygen atoms in total. The molecule has 0 saturated heterocycles. The van der Waals surface area contributed by atoms with E-state index in [2.05, 4.69) is 19.8 Å². The van der Waals surface area contributed by atoms with Gasteiger partial charge in [0, 0.05) is 6.54 Å².